The summed E-state index contributed by atoms with van der Waals surface area (Å²) in [4.78, 5) is 20.5. The smallest absolute Gasteiger partial charge is 0.225 e. The molecule has 6 nitrogen and oxygen atoms in total. The van der Waals surface area contributed by atoms with E-state index in [0.717, 1.165) is 19.3 Å². The normalized spacial score (nSPS) is 22.2. The molecule has 2 rings (SSSR count). The maximum atomic E-state index is 11.8. The van der Waals surface area contributed by atoms with Crippen LogP contribution < -0.4 is 10.6 Å². The number of ketones is 1. The molecule has 1 aliphatic carbocycles. The molecule has 0 aliphatic heterocycles. The summed E-state index contributed by atoms with van der Waals surface area (Å²) in [5, 5.41) is 16.3. The highest BCUT2D eigenvalue weighted by Crippen LogP contribution is 2.24. The maximum Gasteiger partial charge on any atom is 0.225 e. The van der Waals surface area contributed by atoms with Crippen molar-refractivity contribution >= 4 is 17.5 Å². The number of hydrogen-bond donors (Lipinski definition) is 3. The molecule has 1 heterocycles. The number of aromatic nitrogens is 2. The quantitative estimate of drug-likeness (QED) is 0.741. The van der Waals surface area contributed by atoms with Crippen LogP contribution in [0.15, 0.2) is 6.20 Å². The van der Waals surface area contributed by atoms with Crippen LogP contribution in [0, 0.1) is 0 Å². The van der Waals surface area contributed by atoms with Gasteiger partial charge < -0.3 is 15.7 Å². The monoisotopic (exact) mass is 306 g/mol. The van der Waals surface area contributed by atoms with Gasteiger partial charge in [-0.2, -0.15) is 4.98 Å². The second kappa shape index (κ2) is 6.60. The molecule has 1 aromatic rings. The molecule has 1 aromatic heterocycles. The van der Waals surface area contributed by atoms with Crippen molar-refractivity contribution in [2.24, 2.45) is 0 Å². The molecule has 3 N–H and O–H groups in total. The van der Waals surface area contributed by atoms with Crippen LogP contribution in [0.4, 0.5) is 11.8 Å². The summed E-state index contributed by atoms with van der Waals surface area (Å²) in [6.45, 7) is 7.59. The van der Waals surface area contributed by atoms with E-state index in [1.807, 2.05) is 20.8 Å². The lowest BCUT2D eigenvalue weighted by atomic mass is 9.93. The third-order valence-electron chi connectivity index (χ3n) is 3.64. The minimum Gasteiger partial charge on any atom is -0.393 e. The third-order valence-corrected chi connectivity index (χ3v) is 3.64. The predicted octanol–water partition coefficient (Wildman–Crippen LogP) is 2.61. The summed E-state index contributed by atoms with van der Waals surface area (Å²) in [6.07, 6.45) is 4.76. The van der Waals surface area contributed by atoms with Crippen molar-refractivity contribution in [3.05, 3.63) is 11.8 Å². The van der Waals surface area contributed by atoms with Gasteiger partial charge in [0, 0.05) is 17.8 Å². The van der Waals surface area contributed by atoms with Crippen molar-refractivity contribution in [2.45, 2.75) is 71.1 Å². The van der Waals surface area contributed by atoms with Gasteiger partial charge in [-0.15, -0.1) is 0 Å². The Kier molecular flexibility index (Phi) is 5.01. The molecular weight excluding hydrogens is 280 g/mol. The fourth-order valence-corrected chi connectivity index (χ4v) is 2.63. The van der Waals surface area contributed by atoms with Crippen molar-refractivity contribution < 1.29 is 9.90 Å². The van der Waals surface area contributed by atoms with Gasteiger partial charge in [0.1, 0.15) is 5.82 Å². The first-order valence-electron chi connectivity index (χ1n) is 7.85. The molecule has 0 bridgehead atoms. The van der Waals surface area contributed by atoms with Crippen molar-refractivity contribution in [1.82, 2.24) is 9.97 Å². The number of nitrogens with one attached hydrogen (secondary N) is 2. The van der Waals surface area contributed by atoms with Crippen molar-refractivity contribution in [3.63, 3.8) is 0 Å². The highest BCUT2D eigenvalue weighted by molar-refractivity contribution is 5.98. The number of anilines is 2. The van der Waals surface area contributed by atoms with E-state index in [4.69, 9.17) is 0 Å². The molecule has 122 valence electrons. The van der Waals surface area contributed by atoms with Crippen LogP contribution in [-0.2, 0) is 0 Å². The largest absolute Gasteiger partial charge is 0.393 e. The Morgan fingerprint density at radius 2 is 2.09 bits per heavy atom. The average Bonchev–Trinajstić information content (AvgIpc) is 2.36. The lowest BCUT2D eigenvalue weighted by molar-refractivity contribution is 0.101. The molecule has 1 unspecified atom stereocenters. The molecular formula is C16H26N4O2. The minimum atomic E-state index is -0.277. The van der Waals surface area contributed by atoms with Crippen molar-refractivity contribution in [1.29, 1.82) is 0 Å². The highest BCUT2D eigenvalue weighted by atomic mass is 16.3. The Balaban J connectivity index is 2.21. The Hall–Kier alpha value is -1.69. The Morgan fingerprint density at radius 3 is 2.68 bits per heavy atom. The number of Topliss-reactive ketones (excluding diaryl/α,β-unsaturated/α-hetero) is 1. The number of rotatable bonds is 4. The Bertz CT molecular complexity index is 539. The fraction of sp³-hybridized carbons (Fsp3) is 0.688. The molecule has 0 amide bonds. The molecule has 0 spiro atoms. The molecule has 1 saturated carbocycles. The van der Waals surface area contributed by atoms with Gasteiger partial charge in [0.05, 0.1) is 11.7 Å². The van der Waals surface area contributed by atoms with Crippen LogP contribution in [0.2, 0.25) is 0 Å². The number of carbonyl (C=O) groups is 1. The number of aliphatic hydroxyl groups excluding tert-OH is 1. The zero-order valence-electron chi connectivity index (χ0n) is 13.8. The number of aliphatic hydroxyl groups is 1. The Labute approximate surface area is 131 Å². The van der Waals surface area contributed by atoms with Crippen LogP contribution in [0.25, 0.3) is 0 Å². The lowest BCUT2D eigenvalue weighted by Crippen LogP contribution is -2.31. The van der Waals surface area contributed by atoms with E-state index >= 15 is 0 Å². The summed E-state index contributed by atoms with van der Waals surface area (Å²) in [5.74, 6) is 0.978. The van der Waals surface area contributed by atoms with Gasteiger partial charge in [-0.1, -0.05) is 0 Å². The van der Waals surface area contributed by atoms with Gasteiger partial charge in [0.25, 0.3) is 0 Å². The summed E-state index contributed by atoms with van der Waals surface area (Å²) in [7, 11) is 0. The van der Waals surface area contributed by atoms with Crippen molar-refractivity contribution in [2.75, 3.05) is 10.6 Å². The van der Waals surface area contributed by atoms with E-state index in [-0.39, 0.29) is 23.5 Å². The first kappa shape index (κ1) is 16.7. The molecule has 1 fully saturated rings. The molecule has 0 saturated heterocycles. The number of nitrogens with zero attached hydrogens (tertiary/aromatic N) is 2. The van der Waals surface area contributed by atoms with Gasteiger partial charge >= 0.3 is 0 Å². The maximum absolute atomic E-state index is 11.8. The number of carbonyl (C=O) groups excluding carboxylic acids is 1. The topological polar surface area (TPSA) is 87.1 Å². The first-order valence-corrected chi connectivity index (χ1v) is 7.85. The standard InChI is InChI=1S/C16H26N4O2/c1-10(21)13-9-17-15(20-16(2,3)4)19-14(13)18-11-6-5-7-12(22)8-11/h9,11-12,22H,5-8H2,1-4H3,(H2,17,18,19,20)/t11-,12?/m1/s1. The zero-order valence-corrected chi connectivity index (χ0v) is 13.8. The van der Waals surface area contributed by atoms with Gasteiger partial charge in [-0.25, -0.2) is 4.98 Å². The van der Waals surface area contributed by atoms with Crippen LogP contribution >= 0.6 is 0 Å². The van der Waals surface area contributed by atoms with E-state index in [2.05, 4.69) is 20.6 Å². The van der Waals surface area contributed by atoms with Gasteiger partial charge in [0.2, 0.25) is 5.95 Å². The fourth-order valence-electron chi connectivity index (χ4n) is 2.63. The van der Waals surface area contributed by atoms with E-state index in [9.17, 15) is 9.90 Å². The van der Waals surface area contributed by atoms with E-state index < -0.39 is 0 Å². The van der Waals surface area contributed by atoms with Gasteiger partial charge in [0.15, 0.2) is 5.78 Å². The van der Waals surface area contributed by atoms with Crippen molar-refractivity contribution in [3.8, 4) is 0 Å². The molecule has 22 heavy (non-hydrogen) atoms. The second-order valence-corrected chi connectivity index (χ2v) is 7.05. The van der Waals surface area contributed by atoms with E-state index in [1.165, 1.54) is 6.92 Å². The summed E-state index contributed by atoms with van der Waals surface area (Å²) >= 11 is 0. The van der Waals surface area contributed by atoms with E-state index in [0.29, 0.717) is 23.8 Å². The Morgan fingerprint density at radius 1 is 1.36 bits per heavy atom. The predicted molar refractivity (Wildman–Crippen MR) is 87.3 cm³/mol. The SMILES string of the molecule is CC(=O)c1cnc(NC(C)(C)C)nc1N[C@@H]1CCCC(O)C1. The van der Waals surface area contributed by atoms with Crippen LogP contribution in [0.5, 0.6) is 0 Å². The van der Waals surface area contributed by atoms with Crippen LogP contribution in [0.1, 0.15) is 63.7 Å². The average molecular weight is 306 g/mol. The van der Waals surface area contributed by atoms with Gasteiger partial charge in [-0.3, -0.25) is 4.79 Å². The zero-order chi connectivity index (χ0) is 16.3. The molecule has 2 atom stereocenters. The summed E-state index contributed by atoms with van der Waals surface area (Å²) in [6, 6.07) is 0.138. The van der Waals surface area contributed by atoms with Crippen LogP contribution in [-0.4, -0.2) is 38.5 Å². The lowest BCUT2D eigenvalue weighted by Gasteiger charge is -2.28. The highest BCUT2D eigenvalue weighted by Gasteiger charge is 2.22. The summed E-state index contributed by atoms with van der Waals surface area (Å²) in [5.41, 5.74) is 0.329. The second-order valence-electron chi connectivity index (χ2n) is 7.05. The molecule has 6 heteroatoms. The van der Waals surface area contributed by atoms with Gasteiger partial charge in [-0.05, 0) is 53.4 Å². The molecule has 1 aliphatic rings. The van der Waals surface area contributed by atoms with E-state index in [1.54, 1.807) is 6.20 Å². The minimum absolute atomic E-state index is 0.0684. The summed E-state index contributed by atoms with van der Waals surface area (Å²) < 4.78 is 0. The number of hydrogen-bond acceptors (Lipinski definition) is 6. The van der Waals surface area contributed by atoms with Crippen LogP contribution in [0.3, 0.4) is 0 Å². The molecule has 0 radical (unpaired) electrons. The third kappa shape index (κ3) is 4.66. The first-order chi connectivity index (χ1) is 10.2. The molecule has 0 aromatic carbocycles.